The first-order chi connectivity index (χ1) is 16.7. The van der Waals surface area contributed by atoms with Gasteiger partial charge in [-0.1, -0.05) is 45.4 Å². The molecular weight excluding hydrogens is 462 g/mol. The van der Waals surface area contributed by atoms with Crippen LogP contribution in [-0.4, -0.2) is 63.0 Å². The molecule has 3 N–H and O–H groups in total. The molecule has 2 unspecified atom stereocenters. The number of nitrogens with one attached hydrogen (secondary N) is 2. The fourth-order valence-electron chi connectivity index (χ4n) is 6.43. The number of carbonyl (C=O) groups excluding carboxylic acids is 3. The van der Waals surface area contributed by atoms with Gasteiger partial charge in [0.15, 0.2) is 0 Å². The van der Waals surface area contributed by atoms with Crippen LogP contribution in [0.15, 0.2) is 18.2 Å². The molecule has 0 saturated carbocycles. The Hall–Kier alpha value is -2.06. The molecule has 35 heavy (non-hydrogen) atoms. The van der Waals surface area contributed by atoms with Crippen molar-refractivity contribution in [2.45, 2.75) is 82.4 Å². The monoisotopic (exact) mass is 501 g/mol. The fraction of sp³-hybridized carbons (Fsp3) is 0.667. The van der Waals surface area contributed by atoms with Crippen molar-refractivity contribution in [2.24, 2.45) is 17.8 Å². The molecule has 1 aromatic rings. The lowest BCUT2D eigenvalue weighted by atomic mass is 9.70. The Balaban J connectivity index is 1.77. The first-order valence-electron chi connectivity index (χ1n) is 13.0. The van der Waals surface area contributed by atoms with Crippen molar-refractivity contribution in [3.63, 3.8) is 0 Å². The van der Waals surface area contributed by atoms with Crippen LogP contribution in [0.1, 0.15) is 57.6 Å². The fourth-order valence-corrected chi connectivity index (χ4v) is 8.64. The van der Waals surface area contributed by atoms with Crippen molar-refractivity contribution < 1.29 is 19.5 Å². The molecule has 0 aromatic heterocycles. The van der Waals surface area contributed by atoms with Crippen molar-refractivity contribution in [1.29, 1.82) is 0 Å². The number of nitrogens with zero attached hydrogens (tertiary/aromatic N) is 1. The number of aliphatic hydroxyl groups is 1. The Labute approximate surface area is 212 Å². The number of benzene rings is 1. The van der Waals surface area contributed by atoms with E-state index in [1.54, 1.807) is 16.7 Å². The molecule has 3 aliphatic rings. The molecule has 1 aromatic carbocycles. The van der Waals surface area contributed by atoms with E-state index in [1.807, 2.05) is 52.8 Å². The lowest BCUT2D eigenvalue weighted by Crippen LogP contribution is -2.56. The highest BCUT2D eigenvalue weighted by atomic mass is 32.2. The first kappa shape index (κ1) is 26.0. The van der Waals surface area contributed by atoms with Crippen LogP contribution >= 0.6 is 11.8 Å². The molecule has 8 heteroatoms. The predicted octanol–water partition coefficient (Wildman–Crippen LogP) is 3.27. The van der Waals surface area contributed by atoms with Gasteiger partial charge in [0.25, 0.3) is 0 Å². The minimum absolute atomic E-state index is 0.0178. The standard InChI is InChI=1S/C27H39N3O4S/c1-6-13-28-24(32)20-19-11-12-27(35-19)21(20)26(34)30(18(14-31)15(3)7-2)23(27)25(33)29-22-16(4)9-8-10-17(22)5/h8-10,15,18-21,23,31H,6-7,11-14H2,1-5H3,(H,28,32)(H,29,33)/t15-,18-,19+,20-,21-,23?,27?/m0/s1. The molecule has 3 fully saturated rings. The maximum absolute atomic E-state index is 14.1. The zero-order valence-corrected chi connectivity index (χ0v) is 22.3. The van der Waals surface area contributed by atoms with E-state index in [0.29, 0.717) is 6.54 Å². The van der Waals surface area contributed by atoms with Crippen LogP contribution in [0.25, 0.3) is 0 Å². The number of amides is 3. The molecule has 192 valence electrons. The number of aryl methyl sites for hydroxylation is 2. The van der Waals surface area contributed by atoms with Crippen molar-refractivity contribution in [3.05, 3.63) is 29.3 Å². The van der Waals surface area contributed by atoms with Gasteiger partial charge in [-0.15, -0.1) is 11.8 Å². The topological polar surface area (TPSA) is 98.7 Å². The number of para-hydroxylation sites is 1. The predicted molar refractivity (Wildman–Crippen MR) is 139 cm³/mol. The summed E-state index contributed by atoms with van der Waals surface area (Å²) in [5.41, 5.74) is 2.69. The maximum Gasteiger partial charge on any atom is 0.248 e. The largest absolute Gasteiger partial charge is 0.394 e. The average molecular weight is 502 g/mol. The molecule has 1 spiro atoms. The van der Waals surface area contributed by atoms with E-state index < -0.39 is 28.7 Å². The van der Waals surface area contributed by atoms with Crippen molar-refractivity contribution in [3.8, 4) is 0 Å². The number of anilines is 1. The summed E-state index contributed by atoms with van der Waals surface area (Å²) in [5.74, 6) is -1.42. The lowest BCUT2D eigenvalue weighted by Gasteiger charge is -2.39. The number of aliphatic hydroxyl groups excluding tert-OH is 1. The van der Waals surface area contributed by atoms with E-state index >= 15 is 0 Å². The SMILES string of the molecule is CCCNC(=O)[C@@H]1[C@H]2C(=O)N([C@@H](CO)[C@@H](C)CC)C(C(=O)Nc3c(C)cccc3C)C23CC[C@H]1S3. The van der Waals surface area contributed by atoms with E-state index in [4.69, 9.17) is 0 Å². The number of carbonyl (C=O) groups is 3. The molecular formula is C27H39N3O4S. The minimum Gasteiger partial charge on any atom is -0.394 e. The molecule has 3 heterocycles. The van der Waals surface area contributed by atoms with Crippen molar-refractivity contribution in [1.82, 2.24) is 10.2 Å². The third-order valence-electron chi connectivity index (χ3n) is 8.41. The normalized spacial score (nSPS) is 30.8. The highest BCUT2D eigenvalue weighted by molar-refractivity contribution is 8.02. The minimum atomic E-state index is -0.732. The molecule has 2 bridgehead atoms. The van der Waals surface area contributed by atoms with Gasteiger partial charge < -0.3 is 20.6 Å². The van der Waals surface area contributed by atoms with E-state index in [2.05, 4.69) is 10.6 Å². The smallest absolute Gasteiger partial charge is 0.248 e. The zero-order valence-electron chi connectivity index (χ0n) is 21.5. The average Bonchev–Trinajstić information content (AvgIpc) is 3.48. The second kappa shape index (κ2) is 10.1. The summed E-state index contributed by atoms with van der Waals surface area (Å²) in [7, 11) is 0. The van der Waals surface area contributed by atoms with Gasteiger partial charge >= 0.3 is 0 Å². The van der Waals surface area contributed by atoms with Gasteiger partial charge in [0.2, 0.25) is 17.7 Å². The number of thioether (sulfide) groups is 1. The van der Waals surface area contributed by atoms with Crippen LogP contribution in [0.4, 0.5) is 5.69 Å². The van der Waals surface area contributed by atoms with Crippen molar-refractivity contribution >= 4 is 35.2 Å². The van der Waals surface area contributed by atoms with Gasteiger partial charge in [-0.2, -0.15) is 0 Å². The van der Waals surface area contributed by atoms with Crippen LogP contribution in [0.5, 0.6) is 0 Å². The molecule has 3 amide bonds. The van der Waals surface area contributed by atoms with Crippen LogP contribution in [0, 0.1) is 31.6 Å². The van der Waals surface area contributed by atoms with Gasteiger partial charge in [0, 0.05) is 17.5 Å². The van der Waals surface area contributed by atoms with Crippen LogP contribution in [-0.2, 0) is 14.4 Å². The molecule has 7 atom stereocenters. The summed E-state index contributed by atoms with van der Waals surface area (Å²) in [6, 6.07) is 4.67. The van der Waals surface area contributed by atoms with Gasteiger partial charge in [-0.25, -0.2) is 0 Å². The van der Waals surface area contributed by atoms with E-state index in [1.165, 1.54) is 0 Å². The van der Waals surface area contributed by atoms with Crippen LogP contribution < -0.4 is 10.6 Å². The second-order valence-electron chi connectivity index (χ2n) is 10.5. The molecule has 3 saturated heterocycles. The number of hydrogen-bond donors (Lipinski definition) is 3. The quantitative estimate of drug-likeness (QED) is 0.482. The summed E-state index contributed by atoms with van der Waals surface area (Å²) in [6.45, 7) is 10.3. The molecule has 0 radical (unpaired) electrons. The van der Waals surface area contributed by atoms with Gasteiger partial charge in [-0.3, -0.25) is 14.4 Å². The van der Waals surface area contributed by atoms with Crippen molar-refractivity contribution in [2.75, 3.05) is 18.5 Å². The van der Waals surface area contributed by atoms with Crippen LogP contribution in [0.3, 0.4) is 0 Å². The number of fused-ring (bicyclic) bond motifs is 1. The zero-order chi connectivity index (χ0) is 25.5. The third-order valence-corrected chi connectivity index (χ3v) is 10.4. The molecule has 4 rings (SSSR count). The Morgan fingerprint density at radius 2 is 1.91 bits per heavy atom. The van der Waals surface area contributed by atoms with E-state index in [0.717, 1.165) is 42.5 Å². The van der Waals surface area contributed by atoms with E-state index in [9.17, 15) is 19.5 Å². The third kappa shape index (κ3) is 4.16. The number of rotatable bonds is 9. The first-order valence-corrected chi connectivity index (χ1v) is 13.8. The Morgan fingerprint density at radius 1 is 1.23 bits per heavy atom. The van der Waals surface area contributed by atoms with Crippen LogP contribution in [0.2, 0.25) is 0 Å². The summed E-state index contributed by atoms with van der Waals surface area (Å²) >= 11 is 1.66. The Morgan fingerprint density at radius 3 is 2.51 bits per heavy atom. The second-order valence-corrected chi connectivity index (χ2v) is 12.1. The van der Waals surface area contributed by atoms with Gasteiger partial charge in [-0.05, 0) is 50.2 Å². The maximum atomic E-state index is 14.1. The highest BCUT2D eigenvalue weighted by Gasteiger charge is 2.74. The molecule has 7 nitrogen and oxygen atoms in total. The summed E-state index contributed by atoms with van der Waals surface area (Å²) in [5, 5.41) is 16.6. The van der Waals surface area contributed by atoms with Gasteiger partial charge in [0.1, 0.15) is 6.04 Å². The lowest BCUT2D eigenvalue weighted by molar-refractivity contribution is -0.143. The summed E-state index contributed by atoms with van der Waals surface area (Å²) in [4.78, 5) is 43.1. The summed E-state index contributed by atoms with van der Waals surface area (Å²) < 4.78 is -0.655. The number of hydrogen-bond acceptors (Lipinski definition) is 5. The highest BCUT2D eigenvalue weighted by Crippen LogP contribution is 2.66. The summed E-state index contributed by atoms with van der Waals surface area (Å²) in [6.07, 6.45) is 3.13. The van der Waals surface area contributed by atoms with E-state index in [-0.39, 0.29) is 35.5 Å². The number of likely N-dealkylation sites (tertiary alicyclic amines) is 1. The Kier molecular flexibility index (Phi) is 7.53. The Bertz CT molecular complexity index is 980. The molecule has 3 aliphatic heterocycles. The van der Waals surface area contributed by atoms with Gasteiger partial charge in [0.05, 0.1) is 29.2 Å². The molecule has 0 aliphatic carbocycles.